The van der Waals surface area contributed by atoms with Crippen LogP contribution in [0.4, 0.5) is 0 Å². The van der Waals surface area contributed by atoms with Crippen LogP contribution < -0.4 is 16.0 Å². The van der Waals surface area contributed by atoms with Gasteiger partial charge in [-0.3, -0.25) is 14.4 Å². The minimum absolute atomic E-state index is 0.0324. The first-order valence-corrected chi connectivity index (χ1v) is 19.7. The maximum atomic E-state index is 14.2. The number of nitrogens with zero attached hydrogens (tertiary/aromatic N) is 1. The van der Waals surface area contributed by atoms with E-state index in [4.69, 9.17) is 13.7 Å². The van der Waals surface area contributed by atoms with Crippen molar-refractivity contribution in [1.82, 2.24) is 21.1 Å². The average Bonchev–Trinajstić information content (AvgIpc) is 3.58. The maximum Gasteiger partial charge on any atom is 0.330 e. The number of carbonyl (C=O) groups excluding carboxylic acids is 4. The van der Waals surface area contributed by atoms with E-state index in [0.29, 0.717) is 38.0 Å². The molecule has 1 aromatic rings. The zero-order chi connectivity index (χ0) is 35.5. The van der Waals surface area contributed by atoms with Crippen LogP contribution in [0.1, 0.15) is 97.3 Å². The van der Waals surface area contributed by atoms with Gasteiger partial charge in [0.1, 0.15) is 5.76 Å². The first kappa shape index (κ1) is 39.9. The van der Waals surface area contributed by atoms with Crippen molar-refractivity contribution in [2.45, 2.75) is 124 Å². The molecule has 1 saturated heterocycles. The van der Waals surface area contributed by atoms with Crippen molar-refractivity contribution in [3.8, 4) is 0 Å². The Hall–Kier alpha value is -3.25. The van der Waals surface area contributed by atoms with E-state index >= 15 is 0 Å². The van der Waals surface area contributed by atoms with Crippen molar-refractivity contribution in [3.63, 3.8) is 0 Å². The van der Waals surface area contributed by atoms with Crippen molar-refractivity contribution in [3.05, 3.63) is 41.3 Å². The molecular formula is C35H58N4O7Si. The Morgan fingerprint density at radius 1 is 1.19 bits per heavy atom. The largest absolute Gasteiger partial charge is 0.463 e. The molecule has 5 atom stereocenters. The molecule has 2 heterocycles. The lowest BCUT2D eigenvalue weighted by atomic mass is 9.88. The summed E-state index contributed by atoms with van der Waals surface area (Å²) in [5.41, 5.74) is 1.26. The van der Waals surface area contributed by atoms with E-state index in [1.54, 1.807) is 26.0 Å². The molecule has 1 aromatic heterocycles. The van der Waals surface area contributed by atoms with Gasteiger partial charge in [-0.25, -0.2) is 4.79 Å². The number of hydrogen-bond donors (Lipinski definition) is 3. The number of nitrogens with one attached hydrogen (secondary N) is 3. The predicted molar refractivity (Wildman–Crippen MR) is 185 cm³/mol. The number of aromatic nitrogens is 1. The second kappa shape index (κ2) is 17.8. The number of rotatable bonds is 17. The molecule has 3 amide bonds. The lowest BCUT2D eigenvalue weighted by molar-refractivity contribution is -0.137. The predicted octanol–water partition coefficient (Wildman–Crippen LogP) is 5.62. The van der Waals surface area contributed by atoms with Gasteiger partial charge in [-0.1, -0.05) is 57.5 Å². The molecule has 2 rings (SSSR count). The van der Waals surface area contributed by atoms with Crippen LogP contribution in [-0.4, -0.2) is 68.5 Å². The summed E-state index contributed by atoms with van der Waals surface area (Å²) in [4.78, 5) is 52.1. The normalized spacial score (nSPS) is 18.0. The van der Waals surface area contributed by atoms with Crippen LogP contribution in [0.15, 0.2) is 34.4 Å². The van der Waals surface area contributed by atoms with E-state index in [0.717, 1.165) is 5.57 Å². The molecule has 0 spiro atoms. The fourth-order valence-corrected chi connectivity index (χ4v) is 6.58. The fraction of sp³-hybridized carbons (Fsp3) is 0.686. The second-order valence-corrected chi connectivity index (χ2v) is 19.4. The number of ether oxygens (including phenoxy) is 1. The third kappa shape index (κ3) is 12.7. The monoisotopic (exact) mass is 674 g/mol. The molecule has 264 valence electrons. The molecule has 1 aliphatic heterocycles. The number of carbonyl (C=O) groups is 4. The highest BCUT2D eigenvalue weighted by Gasteiger charge is 2.43. The summed E-state index contributed by atoms with van der Waals surface area (Å²) < 4.78 is 17.2. The number of aryl methyl sites for hydroxylation is 1. The van der Waals surface area contributed by atoms with Gasteiger partial charge in [-0.15, -0.1) is 0 Å². The van der Waals surface area contributed by atoms with Crippen molar-refractivity contribution < 1.29 is 32.9 Å². The highest BCUT2D eigenvalue weighted by molar-refractivity contribution is 6.74. The van der Waals surface area contributed by atoms with Gasteiger partial charge in [-0.05, 0) is 77.4 Å². The van der Waals surface area contributed by atoms with Gasteiger partial charge in [0.25, 0.3) is 5.91 Å². The zero-order valence-electron chi connectivity index (χ0n) is 30.3. The Balaban J connectivity index is 2.48. The van der Waals surface area contributed by atoms with Gasteiger partial charge in [0, 0.05) is 36.6 Å². The van der Waals surface area contributed by atoms with Crippen molar-refractivity contribution >= 4 is 32.0 Å². The molecule has 0 saturated carbocycles. The molecule has 11 nitrogen and oxygen atoms in total. The van der Waals surface area contributed by atoms with Crippen molar-refractivity contribution in [2.24, 2.45) is 17.8 Å². The lowest BCUT2D eigenvalue weighted by Gasteiger charge is -2.43. The molecule has 3 N–H and O–H groups in total. The van der Waals surface area contributed by atoms with Crippen LogP contribution in [-0.2, 0) is 23.5 Å². The van der Waals surface area contributed by atoms with Gasteiger partial charge in [-0.2, -0.15) is 0 Å². The van der Waals surface area contributed by atoms with E-state index in [2.05, 4.69) is 55.0 Å². The van der Waals surface area contributed by atoms with Crippen LogP contribution in [0.25, 0.3) is 0 Å². The van der Waals surface area contributed by atoms with Crippen LogP contribution in [0.3, 0.4) is 0 Å². The smallest absolute Gasteiger partial charge is 0.330 e. The number of hydrogen-bond acceptors (Lipinski definition) is 8. The summed E-state index contributed by atoms with van der Waals surface area (Å²) >= 11 is 0. The van der Waals surface area contributed by atoms with Crippen LogP contribution in [0.5, 0.6) is 0 Å². The summed E-state index contributed by atoms with van der Waals surface area (Å²) in [5, 5.41) is 12.9. The first-order valence-electron chi connectivity index (χ1n) is 16.8. The number of esters is 1. The van der Waals surface area contributed by atoms with Gasteiger partial charge < -0.3 is 29.6 Å². The van der Waals surface area contributed by atoms with E-state index < -0.39 is 38.4 Å². The van der Waals surface area contributed by atoms with Crippen LogP contribution >= 0.6 is 0 Å². The third-order valence-electron chi connectivity index (χ3n) is 9.01. The van der Waals surface area contributed by atoms with E-state index in [1.165, 1.54) is 6.08 Å². The highest BCUT2D eigenvalue weighted by Crippen LogP contribution is 2.39. The van der Waals surface area contributed by atoms with Crippen LogP contribution in [0, 0.1) is 24.7 Å². The Kier molecular flexibility index (Phi) is 15.1. The van der Waals surface area contributed by atoms with Gasteiger partial charge in [0.15, 0.2) is 14.0 Å². The summed E-state index contributed by atoms with van der Waals surface area (Å²) in [6, 6.07) is 0.596. The van der Waals surface area contributed by atoms with Gasteiger partial charge in [0.2, 0.25) is 11.8 Å². The molecule has 0 unspecified atom stereocenters. The molecular weight excluding hydrogens is 616 g/mol. The second-order valence-electron chi connectivity index (χ2n) is 14.7. The molecule has 1 fully saturated rings. The molecule has 47 heavy (non-hydrogen) atoms. The Bertz CT molecular complexity index is 1280. The van der Waals surface area contributed by atoms with Crippen LogP contribution in [0.2, 0.25) is 18.1 Å². The van der Waals surface area contributed by atoms with E-state index in [9.17, 15) is 19.2 Å². The zero-order valence-corrected chi connectivity index (χ0v) is 31.3. The quantitative estimate of drug-likeness (QED) is 0.0835. The fourth-order valence-electron chi connectivity index (χ4n) is 5.23. The van der Waals surface area contributed by atoms with Crippen molar-refractivity contribution in [1.29, 1.82) is 0 Å². The lowest BCUT2D eigenvalue weighted by Crippen LogP contribution is -2.55. The van der Waals surface area contributed by atoms with E-state index in [1.807, 2.05) is 33.8 Å². The molecule has 12 heteroatoms. The number of allylic oxidation sites excluding steroid dienone is 2. The maximum absolute atomic E-state index is 14.2. The van der Waals surface area contributed by atoms with Crippen molar-refractivity contribution in [2.75, 3.05) is 13.2 Å². The molecule has 0 aromatic carbocycles. The van der Waals surface area contributed by atoms with E-state index in [-0.39, 0.29) is 46.9 Å². The molecule has 1 aliphatic rings. The molecule has 0 bridgehead atoms. The summed E-state index contributed by atoms with van der Waals surface area (Å²) in [6.07, 6.45) is 6.25. The minimum atomic E-state index is -2.39. The topological polar surface area (TPSA) is 149 Å². The summed E-state index contributed by atoms with van der Waals surface area (Å²) in [6.45, 7) is 23.1. The highest BCUT2D eigenvalue weighted by atomic mass is 28.4. The Labute approximate surface area is 282 Å². The molecule has 0 aliphatic carbocycles. The third-order valence-corrected chi connectivity index (χ3v) is 13.5. The SMILES string of the molecule is CCOC(=O)/C=C/[C@H](C[C@@H]1CCNC1=O)NC(=O)[C@H](CC=C(C)C)C[C@H](O[Si](C)(C)C(C)(C)C)[C@@H](NC(=O)c1cc(C)on1)C(C)C. The summed E-state index contributed by atoms with van der Waals surface area (Å²) in [5.74, 6) is -1.46. The van der Waals surface area contributed by atoms with Gasteiger partial charge in [0.05, 0.1) is 18.8 Å². The van der Waals surface area contributed by atoms with Gasteiger partial charge >= 0.3 is 5.97 Å². The first-order chi connectivity index (χ1) is 21.8. The average molecular weight is 675 g/mol. The summed E-state index contributed by atoms with van der Waals surface area (Å²) in [7, 11) is -2.39. The number of amides is 3. The standard InChI is InChI=1S/C35H58N4O7Si/c1-12-44-30(40)16-15-27(20-26-17-18-36-32(26)41)37-33(42)25(14-13-22(2)3)21-29(46-47(10,11)35(7,8)9)31(23(4)5)38-34(43)28-19-24(6)45-39-28/h13,15-16,19,23,25-27,29,31H,12,14,17-18,20-21H2,1-11H3,(H,36,41)(H,37,42)(H,38,43)/b16-15+/t25-,26+,27-,29+,31+/m1/s1. The molecule has 0 radical (unpaired) electrons. The minimum Gasteiger partial charge on any atom is -0.463 e. The Morgan fingerprint density at radius 3 is 2.38 bits per heavy atom. The Morgan fingerprint density at radius 2 is 1.87 bits per heavy atom.